The average molecular weight is 312 g/mol. The summed E-state index contributed by atoms with van der Waals surface area (Å²) in [6, 6.07) is 5.86. The number of rotatable bonds is 3. The lowest BCUT2D eigenvalue weighted by molar-refractivity contribution is -0.140. The van der Waals surface area contributed by atoms with Gasteiger partial charge in [0, 0.05) is 32.1 Å². The first kappa shape index (κ1) is 14.2. The first-order chi connectivity index (χ1) is 11.2. The summed E-state index contributed by atoms with van der Waals surface area (Å²) in [5.41, 5.74) is 2.85. The van der Waals surface area contributed by atoms with E-state index in [1.807, 2.05) is 28.0 Å². The van der Waals surface area contributed by atoms with Gasteiger partial charge in [-0.2, -0.15) is 0 Å². The molecule has 23 heavy (non-hydrogen) atoms. The van der Waals surface area contributed by atoms with Crippen LogP contribution in [-0.4, -0.2) is 57.8 Å². The second-order valence-electron chi connectivity index (χ2n) is 6.41. The Morgan fingerprint density at radius 3 is 2.61 bits per heavy atom. The molecular formula is C17H20N4O2. The molecule has 1 N–H and O–H groups in total. The fourth-order valence-electron chi connectivity index (χ4n) is 3.14. The lowest BCUT2D eigenvalue weighted by Gasteiger charge is -2.35. The number of benzene rings is 1. The number of fused-ring (bicyclic) bond motifs is 1. The lowest BCUT2D eigenvalue weighted by atomic mass is 10.1. The zero-order valence-electron chi connectivity index (χ0n) is 13.0. The second-order valence-corrected chi connectivity index (χ2v) is 6.41. The van der Waals surface area contributed by atoms with Gasteiger partial charge in [0.2, 0.25) is 11.8 Å². The molecule has 4 rings (SSSR count). The number of amides is 2. The predicted octanol–water partition coefficient (Wildman–Crippen LogP) is 1.19. The number of piperazine rings is 1. The molecule has 0 unspecified atom stereocenters. The highest BCUT2D eigenvalue weighted by Crippen LogP contribution is 2.31. The van der Waals surface area contributed by atoms with E-state index >= 15 is 0 Å². The Hall–Kier alpha value is -2.37. The number of imidazole rings is 1. The Morgan fingerprint density at radius 1 is 1.13 bits per heavy atom. The van der Waals surface area contributed by atoms with Crippen molar-refractivity contribution in [2.75, 3.05) is 26.2 Å². The smallest absolute Gasteiger partial charge is 0.227 e. The van der Waals surface area contributed by atoms with Crippen LogP contribution in [0.3, 0.4) is 0 Å². The fraction of sp³-hybridized carbons (Fsp3) is 0.471. The van der Waals surface area contributed by atoms with E-state index in [-0.39, 0.29) is 17.7 Å². The third-order valence-corrected chi connectivity index (χ3v) is 4.71. The maximum atomic E-state index is 12.5. The summed E-state index contributed by atoms with van der Waals surface area (Å²) in [5, 5.41) is 0. The van der Waals surface area contributed by atoms with Gasteiger partial charge < -0.3 is 14.8 Å². The summed E-state index contributed by atoms with van der Waals surface area (Å²) in [7, 11) is 0. The molecule has 2 aromatic rings. The second kappa shape index (κ2) is 5.68. The first-order valence-corrected chi connectivity index (χ1v) is 8.19. The van der Waals surface area contributed by atoms with Crippen LogP contribution in [-0.2, 0) is 16.0 Å². The molecule has 1 aliphatic heterocycles. The van der Waals surface area contributed by atoms with E-state index in [1.54, 1.807) is 6.33 Å². The molecule has 2 aliphatic rings. The van der Waals surface area contributed by atoms with Gasteiger partial charge in [0.1, 0.15) is 0 Å². The van der Waals surface area contributed by atoms with Crippen LogP contribution in [0.1, 0.15) is 18.4 Å². The average Bonchev–Trinajstić information content (AvgIpc) is 3.32. The number of nitrogens with zero attached hydrogens (tertiary/aromatic N) is 3. The number of carbonyl (C=O) groups excluding carboxylic acids is 2. The number of hydrogen-bond acceptors (Lipinski definition) is 3. The quantitative estimate of drug-likeness (QED) is 0.925. The first-order valence-electron chi connectivity index (χ1n) is 8.19. The van der Waals surface area contributed by atoms with Gasteiger partial charge in [-0.3, -0.25) is 9.59 Å². The molecule has 1 saturated carbocycles. The van der Waals surface area contributed by atoms with Crippen molar-refractivity contribution in [2.45, 2.75) is 19.3 Å². The third kappa shape index (κ3) is 2.93. The molecule has 1 aromatic carbocycles. The molecule has 6 nitrogen and oxygen atoms in total. The zero-order valence-corrected chi connectivity index (χ0v) is 13.0. The standard InChI is InChI=1S/C17H20N4O2/c22-16(10-12-1-4-14-15(9-12)19-11-18-14)20-5-7-21(8-6-20)17(23)13-2-3-13/h1,4,9,11,13H,2-3,5-8,10H2,(H,18,19). The van der Waals surface area contributed by atoms with Gasteiger partial charge in [0.15, 0.2) is 0 Å². The molecule has 0 spiro atoms. The minimum atomic E-state index is 0.127. The van der Waals surface area contributed by atoms with Crippen molar-refractivity contribution in [3.63, 3.8) is 0 Å². The highest BCUT2D eigenvalue weighted by molar-refractivity contribution is 5.83. The summed E-state index contributed by atoms with van der Waals surface area (Å²) < 4.78 is 0. The van der Waals surface area contributed by atoms with Gasteiger partial charge in [-0.1, -0.05) is 6.07 Å². The van der Waals surface area contributed by atoms with E-state index in [4.69, 9.17) is 0 Å². The van der Waals surface area contributed by atoms with E-state index in [2.05, 4.69) is 9.97 Å². The summed E-state index contributed by atoms with van der Waals surface area (Å²) in [4.78, 5) is 35.5. The van der Waals surface area contributed by atoms with Crippen molar-refractivity contribution >= 4 is 22.8 Å². The Morgan fingerprint density at radius 2 is 1.87 bits per heavy atom. The molecule has 0 atom stereocenters. The molecule has 1 aliphatic carbocycles. The molecule has 2 fully saturated rings. The number of carbonyl (C=O) groups is 2. The number of nitrogens with one attached hydrogen (secondary N) is 1. The van der Waals surface area contributed by atoms with Crippen LogP contribution >= 0.6 is 0 Å². The van der Waals surface area contributed by atoms with Gasteiger partial charge in [-0.15, -0.1) is 0 Å². The summed E-state index contributed by atoms with van der Waals surface area (Å²) in [5.74, 6) is 0.669. The molecule has 2 amide bonds. The van der Waals surface area contributed by atoms with Gasteiger partial charge in [-0.05, 0) is 30.5 Å². The fourth-order valence-corrected chi connectivity index (χ4v) is 3.14. The SMILES string of the molecule is O=C(Cc1ccc2nc[nH]c2c1)N1CCN(C(=O)C2CC2)CC1. The van der Waals surface area contributed by atoms with E-state index in [1.165, 1.54) is 0 Å². The van der Waals surface area contributed by atoms with E-state index in [9.17, 15) is 9.59 Å². The van der Waals surface area contributed by atoms with Crippen LogP contribution < -0.4 is 0 Å². The molecule has 0 bridgehead atoms. The Balaban J connectivity index is 1.35. The number of aromatic amines is 1. The van der Waals surface area contributed by atoms with Crippen molar-refractivity contribution < 1.29 is 9.59 Å². The summed E-state index contributed by atoms with van der Waals surface area (Å²) in [6.07, 6.45) is 4.13. The van der Waals surface area contributed by atoms with Gasteiger partial charge in [-0.25, -0.2) is 4.98 Å². The highest BCUT2D eigenvalue weighted by Gasteiger charge is 2.35. The van der Waals surface area contributed by atoms with Crippen LogP contribution in [0.5, 0.6) is 0 Å². The Labute approximate surface area is 134 Å². The topological polar surface area (TPSA) is 69.3 Å². The summed E-state index contributed by atoms with van der Waals surface area (Å²) in [6.45, 7) is 2.62. The lowest BCUT2D eigenvalue weighted by Crippen LogP contribution is -2.51. The molecule has 2 heterocycles. The van der Waals surface area contributed by atoms with Crippen LogP contribution in [0.25, 0.3) is 11.0 Å². The molecule has 120 valence electrons. The molecule has 1 aromatic heterocycles. The van der Waals surface area contributed by atoms with Crippen LogP contribution in [0, 0.1) is 5.92 Å². The van der Waals surface area contributed by atoms with E-state index < -0.39 is 0 Å². The number of aromatic nitrogens is 2. The van der Waals surface area contributed by atoms with Gasteiger partial charge >= 0.3 is 0 Å². The predicted molar refractivity (Wildman–Crippen MR) is 85.7 cm³/mol. The third-order valence-electron chi connectivity index (χ3n) is 4.71. The van der Waals surface area contributed by atoms with Crippen molar-refractivity contribution in [1.29, 1.82) is 0 Å². The Kier molecular flexibility index (Phi) is 3.52. The molecular weight excluding hydrogens is 292 g/mol. The Bertz CT molecular complexity index is 742. The molecule has 0 radical (unpaired) electrons. The summed E-state index contributed by atoms with van der Waals surface area (Å²) >= 11 is 0. The van der Waals surface area contributed by atoms with Gasteiger partial charge in [0.05, 0.1) is 23.8 Å². The van der Waals surface area contributed by atoms with Gasteiger partial charge in [0.25, 0.3) is 0 Å². The zero-order chi connectivity index (χ0) is 15.8. The largest absolute Gasteiger partial charge is 0.345 e. The van der Waals surface area contributed by atoms with Crippen LogP contribution in [0.15, 0.2) is 24.5 Å². The van der Waals surface area contributed by atoms with Crippen LogP contribution in [0.2, 0.25) is 0 Å². The van der Waals surface area contributed by atoms with Crippen molar-refractivity contribution in [3.05, 3.63) is 30.1 Å². The van der Waals surface area contributed by atoms with E-state index in [0.717, 1.165) is 29.4 Å². The van der Waals surface area contributed by atoms with Crippen molar-refractivity contribution in [3.8, 4) is 0 Å². The van der Waals surface area contributed by atoms with Crippen molar-refractivity contribution in [1.82, 2.24) is 19.8 Å². The minimum Gasteiger partial charge on any atom is -0.345 e. The van der Waals surface area contributed by atoms with E-state index in [0.29, 0.717) is 32.6 Å². The molecule has 1 saturated heterocycles. The van der Waals surface area contributed by atoms with Crippen LogP contribution in [0.4, 0.5) is 0 Å². The number of hydrogen-bond donors (Lipinski definition) is 1. The maximum Gasteiger partial charge on any atom is 0.227 e. The normalized spacial score (nSPS) is 18.4. The number of H-pyrrole nitrogens is 1. The van der Waals surface area contributed by atoms with Crippen molar-refractivity contribution in [2.24, 2.45) is 5.92 Å². The highest BCUT2D eigenvalue weighted by atomic mass is 16.2. The monoisotopic (exact) mass is 312 g/mol. The maximum absolute atomic E-state index is 12.5. The minimum absolute atomic E-state index is 0.127. The molecule has 6 heteroatoms.